The second-order valence-electron chi connectivity index (χ2n) is 9.45. The zero-order valence-corrected chi connectivity index (χ0v) is 20.4. The zero-order chi connectivity index (χ0) is 23.9. The Morgan fingerprint density at radius 1 is 0.829 bits per heavy atom. The lowest BCUT2D eigenvalue weighted by Gasteiger charge is -2.26. The maximum atomic E-state index is 13.0. The fraction of sp³-hybridized carbons (Fsp3) is 0.414. The molecule has 1 amide bonds. The third-order valence-corrected chi connectivity index (χ3v) is 6.97. The fourth-order valence-corrected chi connectivity index (χ4v) is 4.95. The average Bonchev–Trinajstić information content (AvgIpc) is 2.91. The van der Waals surface area contributed by atoms with Crippen molar-refractivity contribution in [2.75, 3.05) is 57.9 Å². The molecule has 0 atom stereocenters. The molecule has 0 bridgehead atoms. The van der Waals surface area contributed by atoms with E-state index in [-0.39, 0.29) is 5.91 Å². The Labute approximate surface area is 207 Å². The molecule has 2 heterocycles. The van der Waals surface area contributed by atoms with Crippen molar-refractivity contribution in [1.82, 2.24) is 9.80 Å². The van der Waals surface area contributed by atoms with Gasteiger partial charge in [0.2, 0.25) is 0 Å². The van der Waals surface area contributed by atoms with E-state index in [1.165, 1.54) is 37.9 Å². The summed E-state index contributed by atoms with van der Waals surface area (Å²) in [6.45, 7) is 8.33. The molecule has 0 spiro atoms. The van der Waals surface area contributed by atoms with E-state index in [9.17, 15) is 4.79 Å². The number of likely N-dealkylation sites (tertiary alicyclic amines) is 1. The third kappa shape index (κ3) is 6.20. The molecule has 2 aliphatic rings. The van der Waals surface area contributed by atoms with Crippen molar-refractivity contribution in [1.29, 1.82) is 0 Å². The maximum Gasteiger partial charge on any atom is 0.255 e. The van der Waals surface area contributed by atoms with E-state index in [1.807, 2.05) is 54.6 Å². The van der Waals surface area contributed by atoms with Gasteiger partial charge in [0.1, 0.15) is 12.4 Å². The van der Waals surface area contributed by atoms with Crippen molar-refractivity contribution in [2.24, 2.45) is 0 Å². The van der Waals surface area contributed by atoms with Crippen molar-refractivity contribution in [3.05, 3.63) is 71.8 Å². The number of carbonyl (C=O) groups is 1. The summed E-state index contributed by atoms with van der Waals surface area (Å²) in [5, 5.41) is 5.11. The van der Waals surface area contributed by atoms with Crippen LogP contribution in [0.4, 0.5) is 5.69 Å². The van der Waals surface area contributed by atoms with Crippen molar-refractivity contribution in [3.8, 4) is 5.75 Å². The lowest BCUT2D eigenvalue weighted by Crippen LogP contribution is -2.35. The minimum atomic E-state index is -0.105. The van der Waals surface area contributed by atoms with Crippen LogP contribution >= 0.6 is 0 Å². The van der Waals surface area contributed by atoms with Crippen molar-refractivity contribution in [3.63, 3.8) is 0 Å². The average molecular weight is 474 g/mol. The molecule has 2 aliphatic heterocycles. The predicted molar refractivity (Wildman–Crippen MR) is 140 cm³/mol. The molecule has 0 radical (unpaired) electrons. The largest absolute Gasteiger partial charge is 0.492 e. The van der Waals surface area contributed by atoms with E-state index in [1.54, 1.807) is 0 Å². The summed E-state index contributed by atoms with van der Waals surface area (Å²) >= 11 is 0. The molecule has 6 nitrogen and oxygen atoms in total. The van der Waals surface area contributed by atoms with E-state index in [0.717, 1.165) is 61.6 Å². The standard InChI is InChI=1S/C29H35N3O3/c33-29(24-10-8-23(9-11-24)22-32-16-19-34-20-17-32)30-27-12-13-28(26-7-3-2-6-25(26)27)35-21-18-31-14-4-1-5-15-31/h2-3,6-13H,1,4-5,14-22H2,(H,30,33). The van der Waals surface area contributed by atoms with Crippen LogP contribution in [0.2, 0.25) is 0 Å². The summed E-state index contributed by atoms with van der Waals surface area (Å²) in [5.41, 5.74) is 2.66. The van der Waals surface area contributed by atoms with Crippen LogP contribution in [0.3, 0.4) is 0 Å². The third-order valence-electron chi connectivity index (χ3n) is 6.97. The number of anilines is 1. The van der Waals surface area contributed by atoms with Crippen LogP contribution < -0.4 is 10.1 Å². The minimum Gasteiger partial charge on any atom is -0.492 e. The number of benzene rings is 3. The van der Waals surface area contributed by atoms with Gasteiger partial charge in [0.05, 0.1) is 13.2 Å². The number of hydrogen-bond donors (Lipinski definition) is 1. The first-order valence-electron chi connectivity index (χ1n) is 12.8. The van der Waals surface area contributed by atoms with Crippen LogP contribution in [0.15, 0.2) is 60.7 Å². The van der Waals surface area contributed by atoms with Gasteiger partial charge in [0.15, 0.2) is 0 Å². The Kier molecular flexibility index (Phi) is 7.93. The van der Waals surface area contributed by atoms with Crippen LogP contribution in [0, 0.1) is 0 Å². The Hall–Kier alpha value is -2.93. The Balaban J connectivity index is 1.23. The first-order valence-corrected chi connectivity index (χ1v) is 12.8. The Morgan fingerprint density at radius 3 is 2.34 bits per heavy atom. The number of nitrogens with zero attached hydrogens (tertiary/aromatic N) is 2. The number of morpholine rings is 1. The molecule has 0 aliphatic carbocycles. The first-order chi connectivity index (χ1) is 17.3. The molecule has 0 unspecified atom stereocenters. The van der Waals surface area contributed by atoms with Crippen molar-refractivity contribution in [2.45, 2.75) is 25.8 Å². The van der Waals surface area contributed by atoms with Gasteiger partial charge in [-0.05, 0) is 55.8 Å². The van der Waals surface area contributed by atoms with Crippen molar-refractivity contribution < 1.29 is 14.3 Å². The fourth-order valence-electron chi connectivity index (χ4n) is 4.95. The molecule has 1 N–H and O–H groups in total. The molecule has 3 aromatic carbocycles. The van der Waals surface area contributed by atoms with Gasteiger partial charge in [0.25, 0.3) is 5.91 Å². The molecule has 3 aromatic rings. The topological polar surface area (TPSA) is 54.0 Å². The quantitative estimate of drug-likeness (QED) is 0.510. The summed E-state index contributed by atoms with van der Waals surface area (Å²) in [6, 6.07) is 19.9. The minimum absolute atomic E-state index is 0.105. The maximum absolute atomic E-state index is 13.0. The van der Waals surface area contributed by atoms with Gasteiger partial charge in [-0.25, -0.2) is 0 Å². The molecular formula is C29H35N3O3. The molecule has 35 heavy (non-hydrogen) atoms. The SMILES string of the molecule is O=C(Nc1ccc(OCCN2CCCCC2)c2ccccc12)c1ccc(CN2CCOCC2)cc1. The highest BCUT2D eigenvalue weighted by Crippen LogP contribution is 2.32. The normalized spacial score (nSPS) is 17.4. The molecular weight excluding hydrogens is 438 g/mol. The molecule has 5 rings (SSSR count). The lowest BCUT2D eigenvalue weighted by atomic mass is 10.1. The second-order valence-corrected chi connectivity index (χ2v) is 9.45. The Bertz CT molecular complexity index is 1120. The number of rotatable bonds is 8. The number of nitrogens with one attached hydrogen (secondary N) is 1. The molecule has 0 aromatic heterocycles. The summed E-state index contributed by atoms with van der Waals surface area (Å²) in [6.07, 6.45) is 3.91. The van der Waals surface area contributed by atoms with Crippen LogP contribution in [-0.2, 0) is 11.3 Å². The van der Waals surface area contributed by atoms with Crippen LogP contribution in [-0.4, -0.2) is 68.3 Å². The highest BCUT2D eigenvalue weighted by Gasteiger charge is 2.14. The van der Waals surface area contributed by atoms with Gasteiger partial charge in [-0.15, -0.1) is 0 Å². The van der Waals surface area contributed by atoms with Gasteiger partial charge < -0.3 is 14.8 Å². The highest BCUT2D eigenvalue weighted by atomic mass is 16.5. The number of piperidine rings is 1. The monoisotopic (exact) mass is 473 g/mol. The van der Waals surface area contributed by atoms with Crippen LogP contribution in [0.25, 0.3) is 10.8 Å². The van der Waals surface area contributed by atoms with Crippen LogP contribution in [0.5, 0.6) is 5.75 Å². The number of ether oxygens (including phenoxy) is 2. The smallest absolute Gasteiger partial charge is 0.255 e. The van der Waals surface area contributed by atoms with Gasteiger partial charge >= 0.3 is 0 Å². The summed E-state index contributed by atoms with van der Waals surface area (Å²) in [4.78, 5) is 17.9. The Morgan fingerprint density at radius 2 is 1.57 bits per heavy atom. The van der Waals surface area contributed by atoms with E-state index < -0.39 is 0 Å². The number of fused-ring (bicyclic) bond motifs is 1. The number of hydrogen-bond acceptors (Lipinski definition) is 5. The summed E-state index contributed by atoms with van der Waals surface area (Å²) in [7, 11) is 0. The first kappa shape index (κ1) is 23.8. The number of carbonyl (C=O) groups excluding carboxylic acids is 1. The van der Waals surface area contributed by atoms with Gasteiger partial charge in [-0.3, -0.25) is 14.6 Å². The van der Waals surface area contributed by atoms with Crippen molar-refractivity contribution >= 4 is 22.4 Å². The van der Waals surface area contributed by atoms with E-state index >= 15 is 0 Å². The van der Waals surface area contributed by atoms with E-state index in [2.05, 4.69) is 21.2 Å². The van der Waals surface area contributed by atoms with Gasteiger partial charge in [0, 0.05) is 48.2 Å². The summed E-state index contributed by atoms with van der Waals surface area (Å²) in [5.74, 6) is 0.759. The molecule has 6 heteroatoms. The summed E-state index contributed by atoms with van der Waals surface area (Å²) < 4.78 is 11.6. The van der Waals surface area contributed by atoms with Crippen LogP contribution in [0.1, 0.15) is 35.2 Å². The highest BCUT2D eigenvalue weighted by molar-refractivity contribution is 6.10. The van der Waals surface area contributed by atoms with Gasteiger partial charge in [-0.2, -0.15) is 0 Å². The van der Waals surface area contributed by atoms with E-state index in [0.29, 0.717) is 12.2 Å². The molecule has 2 fully saturated rings. The molecule has 0 saturated carbocycles. The second kappa shape index (κ2) is 11.7. The van der Waals surface area contributed by atoms with E-state index in [4.69, 9.17) is 9.47 Å². The lowest BCUT2D eigenvalue weighted by molar-refractivity contribution is 0.0342. The number of amides is 1. The zero-order valence-electron chi connectivity index (χ0n) is 20.4. The molecule has 2 saturated heterocycles. The predicted octanol–water partition coefficient (Wildman–Crippen LogP) is 4.79. The van der Waals surface area contributed by atoms with Gasteiger partial charge in [-0.1, -0.05) is 42.8 Å². The molecule has 184 valence electrons.